The van der Waals surface area contributed by atoms with E-state index in [2.05, 4.69) is 20.8 Å². The molecule has 0 amide bonds. The summed E-state index contributed by atoms with van der Waals surface area (Å²) in [5.41, 5.74) is 0. The predicted molar refractivity (Wildman–Crippen MR) is 70.5 cm³/mol. The Labute approximate surface area is 140 Å². The number of hydrogen-bond donors (Lipinski definition) is 2. The van der Waals surface area contributed by atoms with Gasteiger partial charge in [-0.3, -0.25) is 4.57 Å². The maximum atomic E-state index is 10.1. The van der Waals surface area contributed by atoms with Gasteiger partial charge in [0.05, 0.1) is 0 Å². The third-order valence-electron chi connectivity index (χ3n) is 2.35. The van der Waals surface area contributed by atoms with Gasteiger partial charge in [-0.15, -0.1) is 0 Å². The van der Waals surface area contributed by atoms with Crippen LogP contribution in [0.2, 0.25) is 0 Å². The zero-order valence-electron chi connectivity index (χ0n) is 11.5. The summed E-state index contributed by atoms with van der Waals surface area (Å²) in [4.78, 5) is 16.5. The summed E-state index contributed by atoms with van der Waals surface area (Å²) in [7, 11) is -3.68. The van der Waals surface area contributed by atoms with Crippen molar-refractivity contribution in [3.05, 3.63) is 6.92 Å². The average molecular weight is 396 g/mol. The smallest absolute Gasteiger partial charge is 0.325 e. The molecule has 2 N–H and O–H groups in total. The molecule has 0 bridgehead atoms. The van der Waals surface area contributed by atoms with Crippen molar-refractivity contribution in [2.75, 3.05) is 6.16 Å². The van der Waals surface area contributed by atoms with Gasteiger partial charge in [0.25, 0.3) is 0 Å². The van der Waals surface area contributed by atoms with Gasteiger partial charge >= 0.3 is 7.60 Å². The second kappa shape index (κ2) is 15.6. The zero-order valence-corrected chi connectivity index (χ0v) is 15.6. The minimum atomic E-state index is -3.68. The second-order valence-corrected chi connectivity index (χ2v) is 5.93. The van der Waals surface area contributed by atoms with Gasteiger partial charge < -0.3 is 16.7 Å². The van der Waals surface area contributed by atoms with Crippen LogP contribution in [0.5, 0.6) is 0 Å². The van der Waals surface area contributed by atoms with Crippen LogP contribution >= 0.6 is 7.60 Å². The fourth-order valence-corrected chi connectivity index (χ4v) is 1.79. The Bertz CT molecular complexity index is 183. The first kappa shape index (κ1) is 23.6. The van der Waals surface area contributed by atoms with E-state index in [0.717, 1.165) is 6.42 Å². The summed E-state index contributed by atoms with van der Waals surface area (Å²) >= 11 is 0. The quantitative estimate of drug-likeness (QED) is 0.506. The third kappa shape index (κ3) is 26.9. The first-order valence-electron chi connectivity index (χ1n) is 6.24. The molecule has 17 heavy (non-hydrogen) atoms. The Morgan fingerprint density at radius 2 is 1.59 bits per heavy atom. The molecule has 0 heterocycles. The van der Waals surface area contributed by atoms with Gasteiger partial charge in [0, 0.05) is 47.0 Å². The Kier molecular flexibility index (Phi) is 21.6. The summed E-state index contributed by atoms with van der Waals surface area (Å²) in [6.07, 6.45) is 6.69. The van der Waals surface area contributed by atoms with E-state index in [1.807, 2.05) is 6.92 Å². The predicted octanol–water partition coefficient (Wildman–Crippen LogP) is 4.00. The summed E-state index contributed by atoms with van der Waals surface area (Å²) in [6, 6.07) is 0. The molecular weight excluding hydrogens is 367 g/mol. The van der Waals surface area contributed by atoms with Crippen LogP contribution in [0.25, 0.3) is 0 Å². The Morgan fingerprint density at radius 1 is 1.12 bits per heavy atom. The maximum absolute atomic E-state index is 10.1. The first-order valence-corrected chi connectivity index (χ1v) is 8.04. The zero-order chi connectivity index (χ0) is 13.0. The van der Waals surface area contributed by atoms with E-state index in [1.54, 1.807) is 0 Å². The van der Waals surface area contributed by atoms with Crippen LogP contribution in [0.3, 0.4) is 0 Å². The summed E-state index contributed by atoms with van der Waals surface area (Å²) in [6.45, 7) is 10.3. The average Bonchev–Trinajstić information content (AvgIpc) is 2.22. The molecule has 0 aliphatic rings. The van der Waals surface area contributed by atoms with Crippen LogP contribution in [-0.4, -0.2) is 15.9 Å². The topological polar surface area (TPSA) is 57.5 Å². The van der Waals surface area contributed by atoms with Crippen LogP contribution in [0, 0.1) is 53.7 Å². The van der Waals surface area contributed by atoms with Crippen molar-refractivity contribution in [1.29, 1.82) is 0 Å². The van der Waals surface area contributed by atoms with E-state index < -0.39 is 7.60 Å². The first-order chi connectivity index (χ1) is 7.37. The van der Waals surface area contributed by atoms with Crippen LogP contribution in [0.4, 0.5) is 0 Å². The van der Waals surface area contributed by atoms with Crippen LogP contribution in [-0.2, 0) is 4.57 Å². The molecular formula is C12H28NdO3P-. The Balaban J connectivity index is -0.000000218. The standard InChI is InChI=1S/C8H17.C4H11O3P.Nd/c1-4-6-7-8(3)5-2;1-2-3-4-8(5,6)7;/h8H,3-7H2,1-2H3;2-4H2,1H3,(H2,5,6,7);/q-1;;. The number of unbranched alkanes of at least 4 members (excludes halogenated alkanes) is 2. The van der Waals surface area contributed by atoms with E-state index in [-0.39, 0.29) is 47.0 Å². The Morgan fingerprint density at radius 3 is 1.82 bits per heavy atom. The molecule has 3 nitrogen and oxygen atoms in total. The molecule has 1 unspecified atom stereocenters. The van der Waals surface area contributed by atoms with E-state index in [4.69, 9.17) is 9.79 Å². The van der Waals surface area contributed by atoms with Gasteiger partial charge in [0.15, 0.2) is 0 Å². The van der Waals surface area contributed by atoms with Crippen molar-refractivity contribution in [2.45, 2.75) is 59.3 Å². The van der Waals surface area contributed by atoms with Crippen molar-refractivity contribution < 1.29 is 55.2 Å². The van der Waals surface area contributed by atoms with Crippen LogP contribution < -0.4 is 0 Å². The molecule has 0 saturated heterocycles. The van der Waals surface area contributed by atoms with Crippen molar-refractivity contribution in [1.82, 2.24) is 0 Å². The summed E-state index contributed by atoms with van der Waals surface area (Å²) < 4.78 is 10.1. The van der Waals surface area contributed by atoms with E-state index in [0.29, 0.717) is 12.3 Å². The molecule has 0 saturated carbocycles. The molecule has 0 aliphatic carbocycles. The van der Waals surface area contributed by atoms with E-state index in [9.17, 15) is 4.57 Å². The minimum absolute atomic E-state index is 0. The molecule has 0 radical (unpaired) electrons. The van der Waals surface area contributed by atoms with E-state index >= 15 is 0 Å². The van der Waals surface area contributed by atoms with Crippen molar-refractivity contribution >= 4 is 7.60 Å². The fourth-order valence-electron chi connectivity index (χ4n) is 1.06. The molecule has 0 aromatic heterocycles. The van der Waals surface area contributed by atoms with Gasteiger partial charge in [-0.2, -0.15) is 5.92 Å². The van der Waals surface area contributed by atoms with Crippen LogP contribution in [0.15, 0.2) is 0 Å². The van der Waals surface area contributed by atoms with Gasteiger partial charge in [-0.05, 0) is 6.42 Å². The molecule has 0 aromatic carbocycles. The van der Waals surface area contributed by atoms with Crippen molar-refractivity contribution in [2.24, 2.45) is 5.92 Å². The van der Waals surface area contributed by atoms with Crippen molar-refractivity contribution in [3.63, 3.8) is 0 Å². The minimum Gasteiger partial charge on any atom is -0.340 e. The fraction of sp³-hybridized carbons (Fsp3) is 0.917. The normalized spacial score (nSPS) is 12.1. The SMILES string of the molecule is CCCCP(=O)(O)O.[CH2-]C(CC)CCCC.[Nd]. The molecule has 0 aromatic rings. The van der Waals surface area contributed by atoms with Crippen molar-refractivity contribution in [3.8, 4) is 0 Å². The Hall–Kier alpha value is 1.50. The molecule has 104 valence electrons. The molecule has 0 aliphatic heterocycles. The summed E-state index contributed by atoms with van der Waals surface area (Å²) in [5, 5.41) is 0. The molecule has 1 atom stereocenters. The van der Waals surface area contributed by atoms with Gasteiger partial charge in [-0.25, -0.2) is 0 Å². The van der Waals surface area contributed by atoms with E-state index in [1.165, 1.54) is 25.7 Å². The molecule has 0 spiro atoms. The van der Waals surface area contributed by atoms with Gasteiger partial charge in [0.1, 0.15) is 0 Å². The van der Waals surface area contributed by atoms with Gasteiger partial charge in [0.2, 0.25) is 0 Å². The second-order valence-electron chi connectivity index (χ2n) is 4.16. The van der Waals surface area contributed by atoms with Gasteiger partial charge in [-0.1, -0.05) is 52.9 Å². The van der Waals surface area contributed by atoms with Crippen LogP contribution in [0.1, 0.15) is 59.3 Å². The largest absolute Gasteiger partial charge is 0.340 e. The monoisotopic (exact) mass is 393 g/mol. The molecule has 0 rings (SSSR count). The third-order valence-corrected chi connectivity index (χ3v) is 3.25. The maximum Gasteiger partial charge on any atom is 0.325 e. The summed E-state index contributed by atoms with van der Waals surface area (Å²) in [5.74, 6) is 0.704. The number of rotatable bonds is 7. The number of hydrogen-bond acceptors (Lipinski definition) is 1. The molecule has 0 fully saturated rings. The molecule has 5 heteroatoms.